The highest BCUT2D eigenvalue weighted by Gasteiger charge is 2.32. The summed E-state index contributed by atoms with van der Waals surface area (Å²) >= 11 is 0. The van der Waals surface area contributed by atoms with E-state index in [2.05, 4.69) is 9.98 Å². The van der Waals surface area contributed by atoms with Crippen LogP contribution in [0.4, 0.5) is 55.3 Å². The van der Waals surface area contributed by atoms with Gasteiger partial charge in [0.1, 0.15) is 0 Å². The topological polar surface area (TPSA) is 24.7 Å². The van der Waals surface area contributed by atoms with Crippen LogP contribution in [0.5, 0.6) is 0 Å². The predicted molar refractivity (Wildman–Crippen MR) is 160 cm³/mol. The van der Waals surface area contributed by atoms with Crippen LogP contribution in [0.2, 0.25) is 0 Å². The second-order valence-corrected chi connectivity index (χ2v) is 10.6. The van der Waals surface area contributed by atoms with Crippen LogP contribution in [0.1, 0.15) is 11.1 Å². The molecule has 0 spiro atoms. The van der Waals surface area contributed by atoms with E-state index >= 15 is 0 Å². The van der Waals surface area contributed by atoms with Crippen molar-refractivity contribution in [3.8, 4) is 22.3 Å². The van der Waals surface area contributed by atoms with Crippen LogP contribution in [-0.2, 0) is 0 Å². The van der Waals surface area contributed by atoms with E-state index in [-0.39, 0.29) is 22.8 Å². The number of para-hydroxylation sites is 2. The van der Waals surface area contributed by atoms with Crippen LogP contribution in [0.3, 0.4) is 0 Å². The molecular formula is C36H14F10N2. The van der Waals surface area contributed by atoms with Crippen molar-refractivity contribution in [1.29, 1.82) is 0 Å². The van der Waals surface area contributed by atoms with E-state index in [1.54, 1.807) is 36.4 Å². The third-order valence-electron chi connectivity index (χ3n) is 7.87. The van der Waals surface area contributed by atoms with Gasteiger partial charge in [-0.2, -0.15) is 0 Å². The molecule has 1 aliphatic carbocycles. The summed E-state index contributed by atoms with van der Waals surface area (Å²) < 4.78 is 145. The molecule has 2 nitrogen and oxygen atoms in total. The van der Waals surface area contributed by atoms with E-state index in [0.29, 0.717) is 21.9 Å². The molecule has 0 aliphatic heterocycles. The maximum absolute atomic E-state index is 15.0. The van der Waals surface area contributed by atoms with Gasteiger partial charge in [-0.25, -0.2) is 53.9 Å². The van der Waals surface area contributed by atoms with Crippen molar-refractivity contribution in [2.24, 2.45) is 9.98 Å². The summed E-state index contributed by atoms with van der Waals surface area (Å²) in [5.74, 6) is -21.6. The fourth-order valence-electron chi connectivity index (χ4n) is 5.71. The zero-order valence-corrected chi connectivity index (χ0v) is 23.8. The summed E-state index contributed by atoms with van der Waals surface area (Å²) in [5.41, 5.74) is -2.96. The number of nitrogens with zero attached hydrogens (tertiary/aromatic N) is 2. The maximum atomic E-state index is 15.0. The Kier molecular flexibility index (Phi) is 7.38. The van der Waals surface area contributed by atoms with E-state index in [1.165, 1.54) is 36.4 Å². The Morgan fingerprint density at radius 3 is 1.00 bits per heavy atom. The van der Waals surface area contributed by atoms with Crippen molar-refractivity contribution < 1.29 is 43.9 Å². The van der Waals surface area contributed by atoms with Crippen LogP contribution in [-0.4, -0.2) is 11.4 Å². The molecule has 0 amide bonds. The lowest BCUT2D eigenvalue weighted by Gasteiger charge is -2.13. The number of hydrogen-bond acceptors (Lipinski definition) is 2. The highest BCUT2D eigenvalue weighted by Crippen LogP contribution is 2.42. The van der Waals surface area contributed by atoms with Crippen molar-refractivity contribution >= 4 is 33.6 Å². The van der Waals surface area contributed by atoms with Crippen molar-refractivity contribution in [3.63, 3.8) is 0 Å². The van der Waals surface area contributed by atoms with E-state index in [9.17, 15) is 43.9 Å². The van der Waals surface area contributed by atoms with Gasteiger partial charge in [0.2, 0.25) is 11.6 Å². The molecule has 0 atom stereocenters. The second-order valence-electron chi connectivity index (χ2n) is 10.6. The van der Waals surface area contributed by atoms with E-state index in [4.69, 9.17) is 0 Å². The minimum absolute atomic E-state index is 0.0188. The molecule has 0 saturated heterocycles. The van der Waals surface area contributed by atoms with Crippen LogP contribution >= 0.6 is 0 Å². The van der Waals surface area contributed by atoms with Gasteiger partial charge in [0, 0.05) is 27.6 Å². The highest BCUT2D eigenvalue weighted by atomic mass is 19.2. The summed E-state index contributed by atoms with van der Waals surface area (Å²) in [5, 5.41) is 1.27. The average Bonchev–Trinajstić information content (AvgIpc) is 3.39. The Bertz CT molecular complexity index is 2190. The van der Waals surface area contributed by atoms with Gasteiger partial charge in [-0.3, -0.25) is 0 Å². The van der Waals surface area contributed by atoms with Crippen LogP contribution < -0.4 is 0 Å². The minimum Gasteiger partial charge on any atom is -0.245 e. The summed E-state index contributed by atoms with van der Waals surface area (Å²) in [6, 6.07) is 20.3. The van der Waals surface area contributed by atoms with Crippen LogP contribution in [0.25, 0.3) is 33.0 Å². The molecule has 0 bridgehead atoms. The van der Waals surface area contributed by atoms with Gasteiger partial charge in [-0.15, -0.1) is 0 Å². The van der Waals surface area contributed by atoms with Crippen molar-refractivity contribution in [1.82, 2.24) is 0 Å². The number of benzene rings is 6. The summed E-state index contributed by atoms with van der Waals surface area (Å²) in [6.07, 6.45) is 0. The lowest BCUT2D eigenvalue weighted by Crippen LogP contribution is -2.11. The van der Waals surface area contributed by atoms with E-state index in [1.807, 2.05) is 0 Å². The third-order valence-corrected chi connectivity index (χ3v) is 7.87. The molecule has 0 aromatic heterocycles. The van der Waals surface area contributed by atoms with Gasteiger partial charge in [0.25, 0.3) is 0 Å². The largest absolute Gasteiger partial charge is 0.245 e. The van der Waals surface area contributed by atoms with Gasteiger partial charge >= 0.3 is 0 Å². The molecule has 12 heteroatoms. The Labute approximate surface area is 264 Å². The Hall–Kier alpha value is -5.78. The second kappa shape index (κ2) is 11.5. The highest BCUT2D eigenvalue weighted by molar-refractivity contribution is 6.61. The minimum atomic E-state index is -2.34. The molecule has 0 N–H and O–H groups in total. The molecule has 6 aromatic rings. The number of halogens is 10. The molecular weight excluding hydrogens is 650 g/mol. The first-order chi connectivity index (χ1) is 23.0. The molecule has 1 aliphatic rings. The Morgan fingerprint density at radius 1 is 0.312 bits per heavy atom. The Balaban J connectivity index is 1.51. The summed E-state index contributed by atoms with van der Waals surface area (Å²) in [6.45, 7) is 0. The average molecular weight is 665 g/mol. The summed E-state index contributed by atoms with van der Waals surface area (Å²) in [4.78, 5) is 9.18. The van der Waals surface area contributed by atoms with Crippen molar-refractivity contribution in [2.75, 3.05) is 0 Å². The van der Waals surface area contributed by atoms with Crippen molar-refractivity contribution in [2.45, 2.75) is 0 Å². The zero-order valence-electron chi connectivity index (χ0n) is 23.8. The number of rotatable bonds is 4. The molecule has 0 unspecified atom stereocenters. The molecule has 0 saturated carbocycles. The normalized spacial score (nSPS) is 14.1. The number of hydrogen-bond donors (Lipinski definition) is 0. The molecule has 6 aromatic carbocycles. The smallest absolute Gasteiger partial charge is 0.200 e. The zero-order chi connectivity index (χ0) is 34.0. The predicted octanol–water partition coefficient (Wildman–Crippen LogP) is 10.8. The van der Waals surface area contributed by atoms with Crippen LogP contribution in [0, 0.1) is 58.2 Å². The summed E-state index contributed by atoms with van der Waals surface area (Å²) in [7, 11) is 0. The third kappa shape index (κ3) is 4.58. The SMILES string of the molecule is Fc1c(F)c(F)c(-c2ccccc2N=C2C(=Nc3ccccc3-c3c(F)c(F)c(F)c(F)c3F)c3cccc4cccc2c34)c(F)c1F. The Morgan fingerprint density at radius 2 is 0.625 bits per heavy atom. The lowest BCUT2D eigenvalue weighted by molar-refractivity contribution is 0.381. The molecule has 7 rings (SSSR count). The van der Waals surface area contributed by atoms with Crippen LogP contribution in [0.15, 0.2) is 94.9 Å². The number of aliphatic imine (C=N–C) groups is 2. The quantitative estimate of drug-likeness (QED) is 0.102. The lowest BCUT2D eigenvalue weighted by atomic mass is 10.0. The first kappa shape index (κ1) is 30.9. The van der Waals surface area contributed by atoms with Gasteiger partial charge in [-0.1, -0.05) is 72.8 Å². The van der Waals surface area contributed by atoms with Gasteiger partial charge in [0.05, 0.1) is 33.9 Å². The fraction of sp³-hybridized carbons (Fsp3) is 0. The van der Waals surface area contributed by atoms with E-state index < -0.39 is 80.4 Å². The van der Waals surface area contributed by atoms with Gasteiger partial charge in [0.15, 0.2) is 46.5 Å². The first-order valence-electron chi connectivity index (χ1n) is 13.9. The monoisotopic (exact) mass is 664 g/mol. The standard InChI is InChI=1S/C36H14F10N2/c37-25-23(26(38)30(42)33(45)29(25)41)16-9-1-3-13-20(16)47-35-18-11-5-7-15-8-6-12-19(22(15)18)36(35)48-21-14-4-2-10-17(21)24-27(39)31(43)34(46)32(44)28(24)40/h1-14H. The first-order valence-corrected chi connectivity index (χ1v) is 13.9. The fourth-order valence-corrected chi connectivity index (χ4v) is 5.71. The molecule has 0 heterocycles. The van der Waals surface area contributed by atoms with E-state index in [0.717, 1.165) is 12.1 Å². The van der Waals surface area contributed by atoms with Crippen molar-refractivity contribution in [3.05, 3.63) is 154 Å². The van der Waals surface area contributed by atoms with Gasteiger partial charge < -0.3 is 0 Å². The molecule has 0 fully saturated rings. The molecule has 0 radical (unpaired) electrons. The maximum Gasteiger partial charge on any atom is 0.200 e. The molecule has 48 heavy (non-hydrogen) atoms. The van der Waals surface area contributed by atoms with Gasteiger partial charge in [-0.05, 0) is 17.5 Å². The molecule has 238 valence electrons.